The van der Waals surface area contributed by atoms with E-state index in [1.807, 2.05) is 93.6 Å². The van der Waals surface area contributed by atoms with Crippen molar-refractivity contribution in [2.75, 3.05) is 20.8 Å². The zero-order valence-electron chi connectivity index (χ0n) is 31.0. The van der Waals surface area contributed by atoms with Crippen LogP contribution in [0.15, 0.2) is 79.0 Å². The minimum Gasteiger partial charge on any atom is -0.453 e. The molecule has 52 heavy (non-hydrogen) atoms. The number of carbonyl (C=O) groups excluding carboxylic acids is 4. The number of carbonyl (C=O) groups is 4. The van der Waals surface area contributed by atoms with Crippen molar-refractivity contribution < 1.29 is 38.9 Å². The number of pyridine rings is 1. The van der Waals surface area contributed by atoms with Gasteiger partial charge in [-0.2, -0.15) is 0 Å². The molecule has 3 aromatic rings. The van der Waals surface area contributed by atoms with Gasteiger partial charge in [-0.05, 0) is 47.9 Å². The topological polar surface area (TPSA) is 188 Å². The lowest BCUT2D eigenvalue weighted by Gasteiger charge is -2.35. The van der Waals surface area contributed by atoms with E-state index in [1.54, 1.807) is 20.0 Å². The molecule has 13 heteroatoms. The fraction of sp³-hybridized carbons (Fsp3) is 0.462. The first-order chi connectivity index (χ1) is 24.6. The van der Waals surface area contributed by atoms with Gasteiger partial charge in [-0.25, -0.2) is 9.59 Å². The average molecular weight is 720 g/mol. The van der Waals surface area contributed by atoms with E-state index in [4.69, 9.17) is 9.47 Å². The minimum absolute atomic E-state index is 0.00897. The molecule has 0 spiro atoms. The number of aliphatic hydroxyl groups excluding tert-OH is 2. The van der Waals surface area contributed by atoms with Crippen LogP contribution in [0.2, 0.25) is 0 Å². The van der Waals surface area contributed by atoms with Crippen molar-refractivity contribution in [1.29, 1.82) is 0 Å². The van der Waals surface area contributed by atoms with Crippen LogP contribution in [0, 0.1) is 10.8 Å². The molecule has 5 atom stereocenters. The molecule has 0 bridgehead atoms. The summed E-state index contributed by atoms with van der Waals surface area (Å²) in [5, 5.41) is 32.8. The number of aliphatic hydroxyl groups is 2. The maximum absolute atomic E-state index is 13.8. The van der Waals surface area contributed by atoms with E-state index in [9.17, 15) is 29.4 Å². The number of hydrogen-bond acceptors (Lipinski definition) is 9. The molecule has 1 heterocycles. The first-order valence-electron chi connectivity index (χ1n) is 17.2. The Bertz CT molecular complexity index is 1600. The van der Waals surface area contributed by atoms with E-state index in [-0.39, 0.29) is 12.8 Å². The SMILES string of the molecule is CNC(=O)O[C@H](C(=O)N[C@@H](Cc1ccccc1)[C@@H](O)C[C@H](Cc1ccc(-c2ccccn2)cc1)NC(=O)[C@@H](NC(=O)OC)C(C)(C)C)C(C)(C)CO. The highest BCUT2D eigenvalue weighted by molar-refractivity contribution is 5.87. The van der Waals surface area contributed by atoms with Crippen molar-refractivity contribution in [3.8, 4) is 11.3 Å². The Labute approximate surface area is 305 Å². The molecule has 4 amide bonds. The van der Waals surface area contributed by atoms with Crippen molar-refractivity contribution in [1.82, 2.24) is 26.3 Å². The van der Waals surface area contributed by atoms with Crippen LogP contribution in [0.25, 0.3) is 11.3 Å². The molecule has 6 N–H and O–H groups in total. The molecule has 0 aliphatic heterocycles. The number of nitrogens with zero attached hydrogens (tertiary/aromatic N) is 1. The molecule has 0 radical (unpaired) electrons. The molecule has 0 fully saturated rings. The Morgan fingerprint density at radius 3 is 1.98 bits per heavy atom. The molecular weight excluding hydrogens is 666 g/mol. The third kappa shape index (κ3) is 12.3. The Kier molecular flexibility index (Phi) is 15.1. The lowest BCUT2D eigenvalue weighted by Crippen LogP contribution is -2.57. The Balaban J connectivity index is 1.97. The van der Waals surface area contributed by atoms with Crippen LogP contribution < -0.4 is 21.3 Å². The fourth-order valence-electron chi connectivity index (χ4n) is 5.64. The van der Waals surface area contributed by atoms with Crippen molar-refractivity contribution in [2.24, 2.45) is 10.8 Å². The molecule has 282 valence electrons. The van der Waals surface area contributed by atoms with Crippen LogP contribution >= 0.6 is 0 Å². The van der Waals surface area contributed by atoms with Crippen LogP contribution in [0.5, 0.6) is 0 Å². The third-order valence-corrected chi connectivity index (χ3v) is 8.72. The van der Waals surface area contributed by atoms with E-state index in [1.165, 1.54) is 14.2 Å². The molecule has 0 aliphatic carbocycles. The molecule has 3 rings (SSSR count). The summed E-state index contributed by atoms with van der Waals surface area (Å²) in [5.74, 6) is -1.18. The number of amides is 4. The highest BCUT2D eigenvalue weighted by Crippen LogP contribution is 2.25. The van der Waals surface area contributed by atoms with Gasteiger partial charge in [0.2, 0.25) is 5.91 Å². The zero-order valence-corrected chi connectivity index (χ0v) is 31.0. The monoisotopic (exact) mass is 719 g/mol. The van der Waals surface area contributed by atoms with Gasteiger partial charge in [0.25, 0.3) is 5.91 Å². The largest absolute Gasteiger partial charge is 0.453 e. The van der Waals surface area contributed by atoms with E-state index < -0.39 is 71.8 Å². The number of hydrogen-bond donors (Lipinski definition) is 6. The molecule has 0 saturated heterocycles. The number of nitrogens with one attached hydrogen (secondary N) is 4. The van der Waals surface area contributed by atoms with Crippen molar-refractivity contribution >= 4 is 24.0 Å². The van der Waals surface area contributed by atoms with E-state index in [0.717, 1.165) is 22.4 Å². The van der Waals surface area contributed by atoms with E-state index in [2.05, 4.69) is 26.3 Å². The summed E-state index contributed by atoms with van der Waals surface area (Å²) in [6, 6.07) is 20.0. The van der Waals surface area contributed by atoms with Crippen molar-refractivity contribution in [2.45, 2.75) is 84.2 Å². The summed E-state index contributed by atoms with van der Waals surface area (Å²) in [7, 11) is 2.57. The van der Waals surface area contributed by atoms with Gasteiger partial charge in [0.15, 0.2) is 6.10 Å². The van der Waals surface area contributed by atoms with Gasteiger partial charge >= 0.3 is 12.2 Å². The standard InChI is InChI=1S/C39H53N5O8/c1-38(2,3)32(44-37(50)51-7)34(47)42-28(21-26-16-18-27(19-17-26)29-15-11-12-20-41-29)23-31(46)30(22-25-13-9-8-10-14-25)43-35(48)33(39(4,5)24-45)52-36(49)40-6/h8-20,28,30-33,45-46H,21-24H2,1-7H3,(H,40,49)(H,42,47)(H,43,48)(H,44,50)/t28-,30-,31-,32+,33+/m0/s1. The molecule has 2 aromatic carbocycles. The smallest absolute Gasteiger partial charge is 0.407 e. The number of ether oxygens (including phenoxy) is 2. The lowest BCUT2D eigenvalue weighted by atomic mass is 9.85. The summed E-state index contributed by atoms with van der Waals surface area (Å²) >= 11 is 0. The van der Waals surface area contributed by atoms with Gasteiger partial charge in [0.05, 0.1) is 31.6 Å². The zero-order chi connectivity index (χ0) is 38.5. The van der Waals surface area contributed by atoms with Crippen LogP contribution in [0.1, 0.15) is 52.2 Å². The van der Waals surface area contributed by atoms with Gasteiger partial charge in [-0.1, -0.05) is 95.3 Å². The normalized spacial score (nSPS) is 14.5. The van der Waals surface area contributed by atoms with E-state index >= 15 is 0 Å². The average Bonchev–Trinajstić information content (AvgIpc) is 3.12. The fourth-order valence-corrected chi connectivity index (χ4v) is 5.64. The number of alkyl carbamates (subject to hydrolysis) is 2. The molecule has 0 unspecified atom stereocenters. The second-order valence-corrected chi connectivity index (χ2v) is 14.5. The number of methoxy groups -OCH3 is 1. The molecular formula is C39H53N5O8. The Morgan fingerprint density at radius 1 is 0.788 bits per heavy atom. The van der Waals surface area contributed by atoms with Gasteiger partial charge in [0.1, 0.15) is 6.04 Å². The predicted molar refractivity (Wildman–Crippen MR) is 197 cm³/mol. The van der Waals surface area contributed by atoms with Crippen LogP contribution in [-0.2, 0) is 31.9 Å². The molecule has 0 saturated carbocycles. The lowest BCUT2D eigenvalue weighted by molar-refractivity contribution is -0.139. The second kappa shape index (κ2) is 19.0. The summed E-state index contributed by atoms with van der Waals surface area (Å²) in [4.78, 5) is 56.5. The second-order valence-electron chi connectivity index (χ2n) is 14.5. The molecule has 0 aliphatic rings. The summed E-state index contributed by atoms with van der Waals surface area (Å²) in [6.07, 6.45) is -2.03. The van der Waals surface area contributed by atoms with Gasteiger partial charge in [0, 0.05) is 30.3 Å². The Morgan fingerprint density at radius 2 is 1.42 bits per heavy atom. The number of benzene rings is 2. The van der Waals surface area contributed by atoms with Gasteiger partial charge in [-0.3, -0.25) is 14.6 Å². The first kappa shape index (κ1) is 41.4. The van der Waals surface area contributed by atoms with Crippen LogP contribution in [-0.4, -0.2) is 90.3 Å². The van der Waals surface area contributed by atoms with Gasteiger partial charge in [-0.15, -0.1) is 0 Å². The quantitative estimate of drug-likeness (QED) is 0.128. The van der Waals surface area contributed by atoms with Crippen molar-refractivity contribution in [3.05, 3.63) is 90.1 Å². The van der Waals surface area contributed by atoms with Crippen molar-refractivity contribution in [3.63, 3.8) is 0 Å². The maximum Gasteiger partial charge on any atom is 0.407 e. The number of aromatic nitrogens is 1. The maximum atomic E-state index is 13.8. The number of rotatable bonds is 16. The summed E-state index contributed by atoms with van der Waals surface area (Å²) < 4.78 is 10.2. The van der Waals surface area contributed by atoms with Gasteiger partial charge < -0.3 is 41.0 Å². The predicted octanol–water partition coefficient (Wildman–Crippen LogP) is 3.77. The van der Waals surface area contributed by atoms with Crippen LogP contribution in [0.3, 0.4) is 0 Å². The Hall–Kier alpha value is -5.01. The minimum atomic E-state index is -1.40. The first-order valence-corrected chi connectivity index (χ1v) is 17.2. The summed E-state index contributed by atoms with van der Waals surface area (Å²) in [5.41, 5.74) is 1.53. The van der Waals surface area contributed by atoms with Crippen LogP contribution in [0.4, 0.5) is 9.59 Å². The summed E-state index contributed by atoms with van der Waals surface area (Å²) in [6.45, 7) is 8.14. The highest BCUT2D eigenvalue weighted by atomic mass is 16.6. The third-order valence-electron chi connectivity index (χ3n) is 8.72. The highest BCUT2D eigenvalue weighted by Gasteiger charge is 2.40. The molecule has 1 aromatic heterocycles. The molecule has 13 nitrogen and oxygen atoms in total. The van der Waals surface area contributed by atoms with E-state index in [0.29, 0.717) is 6.42 Å².